The number of carbonyl (C=O) groups is 1. The van der Waals surface area contributed by atoms with Crippen molar-refractivity contribution < 1.29 is 4.79 Å². The van der Waals surface area contributed by atoms with Crippen LogP contribution in [0.4, 0.5) is 5.69 Å². The first kappa shape index (κ1) is 13.7. The molecule has 1 aliphatic heterocycles. The molecule has 1 aliphatic rings. The molecular weight excluding hydrogens is 286 g/mol. The molecular formula is C14H15N5OS. The fourth-order valence-electron chi connectivity index (χ4n) is 2.23. The third kappa shape index (κ3) is 2.65. The molecule has 3 N–H and O–H groups in total. The first-order valence-electron chi connectivity index (χ1n) is 6.43. The minimum absolute atomic E-state index is 0.187. The molecule has 0 spiro atoms. The van der Waals surface area contributed by atoms with Crippen molar-refractivity contribution in [1.82, 2.24) is 14.3 Å². The van der Waals surface area contributed by atoms with Crippen LogP contribution in [0.1, 0.15) is 16.1 Å². The Morgan fingerprint density at radius 3 is 3.00 bits per heavy atom. The van der Waals surface area contributed by atoms with Gasteiger partial charge in [-0.25, -0.2) is 4.72 Å². The van der Waals surface area contributed by atoms with Crippen LogP contribution in [0.3, 0.4) is 0 Å². The van der Waals surface area contributed by atoms with Gasteiger partial charge >= 0.3 is 0 Å². The second-order valence-electron chi connectivity index (χ2n) is 4.61. The van der Waals surface area contributed by atoms with Gasteiger partial charge in [-0.15, -0.1) is 0 Å². The number of carbonyl (C=O) groups excluding carboxylic acids is 1. The first-order valence-corrected chi connectivity index (χ1v) is 7.65. The number of rotatable bonds is 2. The predicted molar refractivity (Wildman–Crippen MR) is 83.0 cm³/mol. The second kappa shape index (κ2) is 5.63. The maximum Gasteiger partial charge on any atom is 0.272 e. The highest BCUT2D eigenvalue weighted by atomic mass is 32.2. The first-order chi connectivity index (χ1) is 10.2. The zero-order valence-corrected chi connectivity index (χ0v) is 12.3. The van der Waals surface area contributed by atoms with E-state index in [4.69, 9.17) is 4.78 Å². The van der Waals surface area contributed by atoms with Crippen molar-refractivity contribution >= 4 is 28.5 Å². The van der Waals surface area contributed by atoms with Crippen molar-refractivity contribution in [3.8, 4) is 0 Å². The van der Waals surface area contributed by atoms with Crippen LogP contribution < -0.4 is 10.0 Å². The van der Waals surface area contributed by atoms with Crippen molar-refractivity contribution in [2.24, 2.45) is 7.05 Å². The van der Waals surface area contributed by atoms with Crippen LogP contribution in [0.5, 0.6) is 0 Å². The lowest BCUT2D eigenvalue weighted by Crippen LogP contribution is -2.16. The van der Waals surface area contributed by atoms with Crippen LogP contribution in [0.2, 0.25) is 0 Å². The normalized spacial score (nSPS) is 17.1. The van der Waals surface area contributed by atoms with Gasteiger partial charge in [-0.3, -0.25) is 14.6 Å². The molecule has 0 saturated heterocycles. The zero-order valence-electron chi connectivity index (χ0n) is 11.5. The van der Waals surface area contributed by atoms with E-state index in [2.05, 4.69) is 15.0 Å². The standard InChI is InChI=1S/C14H15N5OS/c1-19-9-12-11(3-2-6-17-21(12)15)13(19)14(20)18-10-4-7-16-8-5-10/h2-5,7-9H,6H2,1H3,(H2,15,17)(H,16,18,20). The van der Waals surface area contributed by atoms with Gasteiger partial charge in [0.25, 0.3) is 5.91 Å². The summed E-state index contributed by atoms with van der Waals surface area (Å²) < 4.78 is 12.9. The summed E-state index contributed by atoms with van der Waals surface area (Å²) in [6.07, 6.45) is 8.95. The van der Waals surface area contributed by atoms with E-state index in [-0.39, 0.29) is 5.91 Å². The number of hydrogen-bond donors (Lipinski definition) is 3. The summed E-state index contributed by atoms with van der Waals surface area (Å²) in [6.45, 7) is 0.635. The van der Waals surface area contributed by atoms with Gasteiger partial charge in [-0.2, -0.15) is 0 Å². The second-order valence-corrected chi connectivity index (χ2v) is 5.95. The fraction of sp³-hybridized carbons (Fsp3) is 0.143. The molecule has 7 heteroatoms. The summed E-state index contributed by atoms with van der Waals surface area (Å²) in [5, 5.41) is 2.86. The molecule has 2 aromatic heterocycles. The van der Waals surface area contributed by atoms with Gasteiger partial charge in [0.05, 0.1) is 4.90 Å². The van der Waals surface area contributed by atoms with Gasteiger partial charge in [0.15, 0.2) is 0 Å². The maximum absolute atomic E-state index is 12.5. The quantitative estimate of drug-likeness (QED) is 0.792. The van der Waals surface area contributed by atoms with Crippen molar-refractivity contribution in [2.75, 3.05) is 11.9 Å². The van der Waals surface area contributed by atoms with Crippen LogP contribution in [0.15, 0.2) is 41.7 Å². The smallest absolute Gasteiger partial charge is 0.272 e. The van der Waals surface area contributed by atoms with E-state index in [1.165, 1.54) is 0 Å². The van der Waals surface area contributed by atoms with E-state index in [0.29, 0.717) is 17.9 Å². The average Bonchev–Trinajstić information content (AvgIpc) is 2.71. The minimum Gasteiger partial charge on any atom is -0.345 e. The lowest BCUT2D eigenvalue weighted by molar-refractivity contribution is 0.101. The Morgan fingerprint density at radius 2 is 2.24 bits per heavy atom. The molecule has 108 valence electrons. The van der Waals surface area contributed by atoms with Crippen molar-refractivity contribution in [1.29, 1.82) is 4.78 Å². The zero-order chi connectivity index (χ0) is 14.8. The summed E-state index contributed by atoms with van der Waals surface area (Å²) in [5.41, 5.74) is 2.07. The van der Waals surface area contributed by atoms with E-state index in [1.54, 1.807) is 29.1 Å². The number of aryl methyl sites for hydroxylation is 1. The Kier molecular flexibility index (Phi) is 3.68. The Bertz CT molecular complexity index is 735. The molecule has 0 fully saturated rings. The number of pyridine rings is 1. The summed E-state index contributed by atoms with van der Waals surface area (Å²) in [6, 6.07) is 3.48. The number of aromatic nitrogens is 2. The van der Waals surface area contributed by atoms with Crippen molar-refractivity contribution in [3.05, 3.63) is 48.1 Å². The topological polar surface area (TPSA) is 82.8 Å². The maximum atomic E-state index is 12.5. The number of hydrogen-bond acceptors (Lipinski definition) is 3. The third-order valence-corrected chi connectivity index (χ3v) is 4.41. The Morgan fingerprint density at radius 1 is 1.48 bits per heavy atom. The molecule has 0 radical (unpaired) electrons. The summed E-state index contributed by atoms with van der Waals surface area (Å²) in [4.78, 5) is 17.3. The van der Waals surface area contributed by atoms with Crippen LogP contribution in [0, 0.1) is 4.78 Å². The Labute approximate surface area is 124 Å². The molecule has 1 unspecified atom stereocenters. The highest BCUT2D eigenvalue weighted by Gasteiger charge is 2.21. The van der Waals surface area contributed by atoms with Crippen molar-refractivity contribution in [3.63, 3.8) is 0 Å². The number of nitrogens with one attached hydrogen (secondary N) is 3. The largest absolute Gasteiger partial charge is 0.345 e. The van der Waals surface area contributed by atoms with Crippen LogP contribution in [-0.2, 0) is 17.9 Å². The fourth-order valence-corrected chi connectivity index (χ4v) is 3.30. The molecule has 21 heavy (non-hydrogen) atoms. The lowest BCUT2D eigenvalue weighted by atomic mass is 10.2. The van der Waals surface area contributed by atoms with Crippen molar-refractivity contribution in [2.45, 2.75) is 4.90 Å². The SMILES string of the molecule is Cn1cc2c(c1C(=O)Nc1ccncc1)C=CCNS2=N. The van der Waals surface area contributed by atoms with Crippen LogP contribution >= 0.6 is 0 Å². The van der Waals surface area contributed by atoms with E-state index in [1.807, 2.05) is 25.4 Å². The molecule has 0 aliphatic carbocycles. The summed E-state index contributed by atoms with van der Waals surface area (Å²) in [5.74, 6) is -0.187. The Hall–Kier alpha value is -2.25. The van der Waals surface area contributed by atoms with Crippen LogP contribution in [0.25, 0.3) is 6.08 Å². The van der Waals surface area contributed by atoms with E-state index < -0.39 is 10.9 Å². The van der Waals surface area contributed by atoms with Gasteiger partial charge in [-0.05, 0) is 23.0 Å². The molecule has 1 atom stereocenters. The molecule has 3 rings (SSSR count). The highest BCUT2D eigenvalue weighted by Crippen LogP contribution is 2.24. The minimum atomic E-state index is -0.808. The van der Waals surface area contributed by atoms with Gasteiger partial charge in [0.1, 0.15) is 5.69 Å². The molecule has 3 heterocycles. The van der Waals surface area contributed by atoms with Gasteiger partial charge in [-0.1, -0.05) is 12.2 Å². The van der Waals surface area contributed by atoms with Gasteiger partial charge in [0, 0.05) is 43.4 Å². The number of nitrogens with zero attached hydrogens (tertiary/aromatic N) is 2. The number of anilines is 1. The predicted octanol–water partition coefficient (Wildman–Crippen LogP) is 1.94. The third-order valence-electron chi connectivity index (χ3n) is 3.19. The van der Waals surface area contributed by atoms with E-state index in [9.17, 15) is 4.79 Å². The van der Waals surface area contributed by atoms with Crippen LogP contribution in [-0.4, -0.2) is 22.0 Å². The molecule has 6 nitrogen and oxygen atoms in total. The lowest BCUT2D eigenvalue weighted by Gasteiger charge is -2.07. The molecule has 0 saturated carbocycles. The van der Waals surface area contributed by atoms with Gasteiger partial charge in [0.2, 0.25) is 0 Å². The average molecular weight is 301 g/mol. The number of fused-ring (bicyclic) bond motifs is 1. The summed E-state index contributed by atoms with van der Waals surface area (Å²) in [7, 11) is 1.01. The molecule has 1 amide bonds. The van der Waals surface area contributed by atoms with E-state index >= 15 is 0 Å². The van der Waals surface area contributed by atoms with E-state index in [0.717, 1.165) is 10.5 Å². The number of amides is 1. The molecule has 0 aromatic carbocycles. The molecule has 2 aromatic rings. The van der Waals surface area contributed by atoms with Gasteiger partial charge < -0.3 is 9.88 Å². The monoisotopic (exact) mass is 301 g/mol. The Balaban J connectivity index is 1.99. The molecule has 0 bridgehead atoms. The summed E-state index contributed by atoms with van der Waals surface area (Å²) >= 11 is 0. The highest BCUT2D eigenvalue weighted by molar-refractivity contribution is 7.84.